The third kappa shape index (κ3) is 4.07. The van der Waals surface area contributed by atoms with E-state index in [4.69, 9.17) is 11.0 Å². The second-order valence-corrected chi connectivity index (χ2v) is 6.48. The molecule has 1 aromatic heterocycles. The Morgan fingerprint density at radius 2 is 2.29 bits per heavy atom. The Labute approximate surface area is 115 Å². The summed E-state index contributed by atoms with van der Waals surface area (Å²) in [6.07, 6.45) is 0.545. The summed E-state index contributed by atoms with van der Waals surface area (Å²) in [7, 11) is 0. The standard InChI is InChI=1S/C12H18BrN3S/c1-3-16(8-4-7-14)12(9(2)15)10-5-6-11(13)17-10/h5-6,9,12H,3-4,8,15H2,1-2H3. The van der Waals surface area contributed by atoms with E-state index >= 15 is 0 Å². The lowest BCUT2D eigenvalue weighted by Crippen LogP contribution is -2.39. The summed E-state index contributed by atoms with van der Waals surface area (Å²) in [5.41, 5.74) is 6.09. The van der Waals surface area contributed by atoms with E-state index in [1.54, 1.807) is 11.3 Å². The molecule has 2 atom stereocenters. The second-order valence-electron chi connectivity index (χ2n) is 3.98. The molecule has 0 aliphatic carbocycles. The summed E-state index contributed by atoms with van der Waals surface area (Å²) in [5, 5.41) is 8.69. The molecule has 1 rings (SSSR count). The van der Waals surface area contributed by atoms with Crippen LogP contribution in [0.2, 0.25) is 0 Å². The van der Waals surface area contributed by atoms with Crippen LogP contribution in [0.3, 0.4) is 0 Å². The fourth-order valence-corrected chi connectivity index (χ4v) is 3.62. The fourth-order valence-electron chi connectivity index (χ4n) is 1.95. The molecule has 94 valence electrons. The maximum atomic E-state index is 8.69. The van der Waals surface area contributed by atoms with E-state index in [0.717, 1.165) is 16.9 Å². The zero-order valence-electron chi connectivity index (χ0n) is 10.2. The number of hydrogen-bond donors (Lipinski definition) is 1. The Bertz CT molecular complexity index is 383. The van der Waals surface area contributed by atoms with E-state index in [0.29, 0.717) is 6.42 Å². The predicted molar refractivity (Wildman–Crippen MR) is 75.9 cm³/mol. The van der Waals surface area contributed by atoms with E-state index in [2.05, 4.69) is 39.9 Å². The Balaban J connectivity index is 2.87. The van der Waals surface area contributed by atoms with Gasteiger partial charge in [-0.05, 0) is 41.5 Å². The molecule has 1 heterocycles. The molecule has 0 aliphatic rings. The van der Waals surface area contributed by atoms with Crippen LogP contribution in [0, 0.1) is 11.3 Å². The van der Waals surface area contributed by atoms with Crippen molar-refractivity contribution >= 4 is 27.3 Å². The smallest absolute Gasteiger partial charge is 0.0702 e. The highest BCUT2D eigenvalue weighted by molar-refractivity contribution is 9.11. The third-order valence-corrected chi connectivity index (χ3v) is 4.39. The van der Waals surface area contributed by atoms with Crippen molar-refractivity contribution in [1.29, 1.82) is 5.26 Å². The number of thiophene rings is 1. The largest absolute Gasteiger partial charge is 0.326 e. The molecular formula is C12H18BrN3S. The van der Waals surface area contributed by atoms with Gasteiger partial charge in [0.25, 0.3) is 0 Å². The lowest BCUT2D eigenvalue weighted by atomic mass is 10.1. The average Bonchev–Trinajstić information content (AvgIpc) is 2.69. The summed E-state index contributed by atoms with van der Waals surface area (Å²) < 4.78 is 1.12. The highest BCUT2D eigenvalue weighted by atomic mass is 79.9. The highest BCUT2D eigenvalue weighted by Crippen LogP contribution is 2.32. The Morgan fingerprint density at radius 1 is 1.59 bits per heavy atom. The van der Waals surface area contributed by atoms with Crippen LogP contribution < -0.4 is 5.73 Å². The first-order valence-corrected chi connectivity index (χ1v) is 7.33. The van der Waals surface area contributed by atoms with Gasteiger partial charge in [0.1, 0.15) is 0 Å². The molecule has 0 saturated carbocycles. The van der Waals surface area contributed by atoms with Crippen molar-refractivity contribution in [1.82, 2.24) is 4.90 Å². The van der Waals surface area contributed by atoms with Crippen molar-refractivity contribution < 1.29 is 0 Å². The van der Waals surface area contributed by atoms with Gasteiger partial charge in [-0.2, -0.15) is 5.26 Å². The number of nitrogens with zero attached hydrogens (tertiary/aromatic N) is 2. The third-order valence-electron chi connectivity index (χ3n) is 2.69. The van der Waals surface area contributed by atoms with Crippen LogP contribution in [0.15, 0.2) is 15.9 Å². The fraction of sp³-hybridized carbons (Fsp3) is 0.583. The second kappa shape index (κ2) is 7.12. The van der Waals surface area contributed by atoms with Crippen LogP contribution in [0.4, 0.5) is 0 Å². The topological polar surface area (TPSA) is 53.0 Å². The van der Waals surface area contributed by atoms with Crippen LogP contribution in [-0.4, -0.2) is 24.0 Å². The number of nitriles is 1. The lowest BCUT2D eigenvalue weighted by Gasteiger charge is -2.32. The van der Waals surface area contributed by atoms with Gasteiger partial charge in [-0.3, -0.25) is 4.90 Å². The molecular weight excluding hydrogens is 298 g/mol. The Kier molecular flexibility index (Phi) is 6.14. The van der Waals surface area contributed by atoms with E-state index in [1.165, 1.54) is 4.88 Å². The van der Waals surface area contributed by atoms with Gasteiger partial charge in [-0.15, -0.1) is 11.3 Å². The first kappa shape index (κ1) is 14.7. The molecule has 0 radical (unpaired) electrons. The molecule has 0 saturated heterocycles. The maximum Gasteiger partial charge on any atom is 0.0702 e. The number of rotatable bonds is 6. The zero-order valence-corrected chi connectivity index (χ0v) is 12.6. The highest BCUT2D eigenvalue weighted by Gasteiger charge is 2.24. The zero-order chi connectivity index (χ0) is 12.8. The summed E-state index contributed by atoms with van der Waals surface area (Å²) in [6, 6.07) is 6.61. The number of nitrogens with two attached hydrogens (primary N) is 1. The molecule has 3 nitrogen and oxygen atoms in total. The van der Waals surface area contributed by atoms with Crippen LogP contribution in [-0.2, 0) is 0 Å². The van der Waals surface area contributed by atoms with Gasteiger partial charge in [0.2, 0.25) is 0 Å². The molecule has 1 aromatic rings. The van der Waals surface area contributed by atoms with Crippen LogP contribution in [0.1, 0.15) is 31.2 Å². The average molecular weight is 316 g/mol. The first-order chi connectivity index (χ1) is 8.10. The van der Waals surface area contributed by atoms with Gasteiger partial charge >= 0.3 is 0 Å². The molecule has 17 heavy (non-hydrogen) atoms. The van der Waals surface area contributed by atoms with E-state index in [1.807, 2.05) is 13.0 Å². The number of halogens is 1. The van der Waals surface area contributed by atoms with Gasteiger partial charge in [0.15, 0.2) is 0 Å². The number of likely N-dealkylation sites (N-methyl/N-ethyl adjacent to an activating group) is 1. The molecule has 2 N–H and O–H groups in total. The Morgan fingerprint density at radius 3 is 2.71 bits per heavy atom. The minimum absolute atomic E-state index is 0.0548. The molecule has 0 bridgehead atoms. The van der Waals surface area contributed by atoms with Gasteiger partial charge < -0.3 is 5.73 Å². The summed E-state index contributed by atoms with van der Waals surface area (Å²) in [5.74, 6) is 0. The maximum absolute atomic E-state index is 8.69. The summed E-state index contributed by atoms with van der Waals surface area (Å²) >= 11 is 5.19. The predicted octanol–water partition coefficient (Wildman–Crippen LogP) is 3.13. The summed E-state index contributed by atoms with van der Waals surface area (Å²) in [4.78, 5) is 3.53. The molecule has 0 fully saturated rings. The van der Waals surface area contributed by atoms with E-state index in [-0.39, 0.29) is 12.1 Å². The van der Waals surface area contributed by atoms with E-state index < -0.39 is 0 Å². The normalized spacial score (nSPS) is 14.6. The van der Waals surface area contributed by atoms with Crippen LogP contribution >= 0.6 is 27.3 Å². The quantitative estimate of drug-likeness (QED) is 0.877. The Hall–Kier alpha value is -0.410. The van der Waals surface area contributed by atoms with Crippen molar-refractivity contribution in [3.8, 4) is 6.07 Å². The van der Waals surface area contributed by atoms with Gasteiger partial charge in [0, 0.05) is 23.9 Å². The van der Waals surface area contributed by atoms with Gasteiger partial charge in [-0.25, -0.2) is 0 Å². The monoisotopic (exact) mass is 315 g/mol. The lowest BCUT2D eigenvalue weighted by molar-refractivity contribution is 0.192. The SMILES string of the molecule is CCN(CCC#N)C(c1ccc(Br)s1)C(C)N. The van der Waals surface area contributed by atoms with Crippen molar-refractivity contribution in [2.45, 2.75) is 32.4 Å². The van der Waals surface area contributed by atoms with Crippen LogP contribution in [0.25, 0.3) is 0 Å². The van der Waals surface area contributed by atoms with E-state index in [9.17, 15) is 0 Å². The molecule has 2 unspecified atom stereocenters. The van der Waals surface area contributed by atoms with Gasteiger partial charge in [-0.1, -0.05) is 6.92 Å². The minimum atomic E-state index is 0.0548. The van der Waals surface area contributed by atoms with Crippen LogP contribution in [0.5, 0.6) is 0 Å². The molecule has 0 aromatic carbocycles. The summed E-state index contributed by atoms with van der Waals surface area (Å²) in [6.45, 7) is 5.81. The molecule has 0 aliphatic heterocycles. The minimum Gasteiger partial charge on any atom is -0.326 e. The van der Waals surface area contributed by atoms with Crippen molar-refractivity contribution in [2.24, 2.45) is 5.73 Å². The van der Waals surface area contributed by atoms with Crippen molar-refractivity contribution in [3.05, 3.63) is 20.8 Å². The first-order valence-electron chi connectivity index (χ1n) is 5.72. The van der Waals surface area contributed by atoms with Crippen molar-refractivity contribution in [2.75, 3.05) is 13.1 Å². The number of hydrogen-bond acceptors (Lipinski definition) is 4. The molecule has 0 amide bonds. The molecule has 5 heteroatoms. The molecule has 0 spiro atoms. The van der Waals surface area contributed by atoms with Crippen molar-refractivity contribution in [3.63, 3.8) is 0 Å². The van der Waals surface area contributed by atoms with Gasteiger partial charge in [0.05, 0.1) is 15.9 Å².